The third-order valence-corrected chi connectivity index (χ3v) is 14.9. The second kappa shape index (κ2) is 12.6. The Kier molecular flexibility index (Phi) is 8.95. The monoisotopic (exact) mass is 604 g/mol. The van der Waals surface area contributed by atoms with Gasteiger partial charge in [0.1, 0.15) is 0 Å². The second-order valence-electron chi connectivity index (χ2n) is 9.87. The molecule has 5 heteroatoms. The Labute approximate surface area is 252 Å². The van der Waals surface area contributed by atoms with Gasteiger partial charge in [-0.1, -0.05) is 110 Å². The first-order valence-electron chi connectivity index (χ1n) is 14.0. The van der Waals surface area contributed by atoms with Gasteiger partial charge in [-0.2, -0.15) is 0 Å². The maximum atomic E-state index is 15.2. The summed E-state index contributed by atoms with van der Waals surface area (Å²) in [5.74, 6) is 0. The van der Waals surface area contributed by atoms with Crippen molar-refractivity contribution >= 4 is 67.0 Å². The zero-order valence-electron chi connectivity index (χ0n) is 24.1. The third-order valence-electron chi connectivity index (χ3n) is 7.46. The fraction of sp³-hybridized carbons (Fsp3) is 0.0811. The Bertz CT molecular complexity index is 1930. The van der Waals surface area contributed by atoms with Gasteiger partial charge >= 0.3 is 0 Å². The lowest BCUT2D eigenvalue weighted by molar-refractivity contribution is 0.589. The summed E-state index contributed by atoms with van der Waals surface area (Å²) in [6.07, 6.45) is 13.2. The van der Waals surface area contributed by atoms with Gasteiger partial charge in [-0.25, -0.2) is 0 Å². The highest BCUT2D eigenvalue weighted by atomic mass is 32.1. The molecule has 42 heavy (non-hydrogen) atoms. The molecule has 0 aliphatic rings. The number of fused-ring (bicyclic) bond motifs is 3. The first-order chi connectivity index (χ1) is 20.4. The van der Waals surface area contributed by atoms with E-state index in [2.05, 4.69) is 30.8 Å². The van der Waals surface area contributed by atoms with E-state index in [-0.39, 0.29) is 0 Å². The predicted molar refractivity (Wildman–Crippen MR) is 188 cm³/mol. The van der Waals surface area contributed by atoms with Gasteiger partial charge in [-0.15, -0.1) is 11.3 Å². The smallest absolute Gasteiger partial charge is 0.171 e. The fourth-order valence-corrected chi connectivity index (χ4v) is 12.0. The minimum absolute atomic E-state index is 0.755. The Balaban J connectivity index is 1.78. The first kappa shape index (κ1) is 29.7. The van der Waals surface area contributed by atoms with E-state index in [9.17, 15) is 0 Å². The minimum atomic E-state index is -3.19. The van der Waals surface area contributed by atoms with E-state index < -0.39 is 14.3 Å². The molecule has 0 amide bonds. The van der Waals surface area contributed by atoms with Gasteiger partial charge in [0.25, 0.3) is 0 Å². The van der Waals surface area contributed by atoms with Crippen LogP contribution in [-0.2, 0) is 9.13 Å². The predicted octanol–water partition coefficient (Wildman–Crippen LogP) is 9.81. The van der Waals surface area contributed by atoms with Crippen molar-refractivity contribution in [3.05, 3.63) is 157 Å². The van der Waals surface area contributed by atoms with Crippen molar-refractivity contribution in [3.8, 4) is 0 Å². The van der Waals surface area contributed by atoms with Crippen LogP contribution in [0.15, 0.2) is 157 Å². The Morgan fingerprint density at radius 3 is 1.64 bits per heavy atom. The van der Waals surface area contributed by atoms with Crippen LogP contribution in [0.2, 0.25) is 0 Å². The largest absolute Gasteiger partial charge is 0.309 e. The molecule has 1 unspecified atom stereocenters. The Morgan fingerprint density at radius 1 is 0.643 bits per heavy atom. The molecule has 0 radical (unpaired) electrons. The van der Waals surface area contributed by atoms with E-state index >= 15 is 9.13 Å². The highest BCUT2D eigenvalue weighted by Crippen LogP contribution is 2.61. The van der Waals surface area contributed by atoms with Gasteiger partial charge in [-0.05, 0) is 57.2 Å². The highest BCUT2D eigenvalue weighted by molar-refractivity contribution is 7.85. The van der Waals surface area contributed by atoms with Crippen LogP contribution >= 0.6 is 25.6 Å². The summed E-state index contributed by atoms with van der Waals surface area (Å²) in [6.45, 7) is 9.61. The maximum Gasteiger partial charge on any atom is 0.171 e. The summed E-state index contributed by atoms with van der Waals surface area (Å²) in [5.41, 5.74) is 0. The third kappa shape index (κ3) is 5.18. The summed E-state index contributed by atoms with van der Waals surface area (Å²) in [7, 11) is -6.32. The molecule has 0 bridgehead atoms. The molecule has 1 heterocycles. The average molecular weight is 605 g/mol. The number of allylic oxidation sites excluding steroid dienone is 9. The van der Waals surface area contributed by atoms with E-state index in [1.807, 2.05) is 130 Å². The van der Waals surface area contributed by atoms with Crippen LogP contribution in [0, 0.1) is 0 Å². The molecule has 210 valence electrons. The van der Waals surface area contributed by atoms with Crippen molar-refractivity contribution in [3.63, 3.8) is 0 Å². The summed E-state index contributed by atoms with van der Waals surface area (Å²) < 4.78 is 32.5. The highest BCUT2D eigenvalue weighted by Gasteiger charge is 2.32. The standard InChI is InChI=1S/C37H34O2P2S/c1-5-9-17-29(8-4)40(38,28(7-3)16-6-2)32-22-24-36-34(26-32)35-27-33(23-25-37(35)42-36)41(39,30-18-12-10-13-19-30)31-20-14-11-15-21-31/h5-27H,1H2,2-4H3/b16-6-,17-9-,28-7+,29-8+. The fourth-order valence-electron chi connectivity index (χ4n) is 5.42. The van der Waals surface area contributed by atoms with Crippen LogP contribution in [0.5, 0.6) is 0 Å². The van der Waals surface area contributed by atoms with Crippen molar-refractivity contribution in [1.82, 2.24) is 0 Å². The van der Waals surface area contributed by atoms with Crippen LogP contribution in [0.1, 0.15) is 20.8 Å². The average Bonchev–Trinajstić information content (AvgIpc) is 3.41. The summed E-state index contributed by atoms with van der Waals surface area (Å²) >= 11 is 1.69. The quantitative estimate of drug-likeness (QED) is 0.124. The molecular weight excluding hydrogens is 570 g/mol. The van der Waals surface area contributed by atoms with Crippen LogP contribution < -0.4 is 21.2 Å². The molecule has 0 N–H and O–H groups in total. The number of benzene rings is 4. The summed E-state index contributed by atoms with van der Waals surface area (Å²) in [5, 5.41) is 6.72. The number of rotatable bonds is 9. The van der Waals surface area contributed by atoms with Crippen molar-refractivity contribution in [2.24, 2.45) is 0 Å². The molecule has 2 nitrogen and oxygen atoms in total. The Morgan fingerprint density at radius 2 is 1.14 bits per heavy atom. The molecule has 0 saturated heterocycles. The normalized spacial score (nSPS) is 14.6. The van der Waals surface area contributed by atoms with E-state index in [1.165, 1.54) is 0 Å². The van der Waals surface area contributed by atoms with Gasteiger partial charge in [0, 0.05) is 52.0 Å². The van der Waals surface area contributed by atoms with Gasteiger partial charge in [-0.3, -0.25) is 0 Å². The van der Waals surface area contributed by atoms with E-state index in [1.54, 1.807) is 17.4 Å². The molecule has 0 aliphatic heterocycles. The van der Waals surface area contributed by atoms with Crippen molar-refractivity contribution < 1.29 is 9.13 Å². The molecule has 5 rings (SSSR count). The molecule has 0 saturated carbocycles. The van der Waals surface area contributed by atoms with E-state index in [4.69, 9.17) is 0 Å². The molecule has 5 aromatic rings. The molecule has 1 atom stereocenters. The lowest BCUT2D eigenvalue weighted by Gasteiger charge is -2.22. The second-order valence-corrected chi connectivity index (χ2v) is 16.5. The van der Waals surface area contributed by atoms with Crippen LogP contribution in [0.4, 0.5) is 0 Å². The SMILES string of the molecule is C=C/C=C\C(=C/C)P(=O)(C(/C=C\C)=C/C)c1ccc2sc3ccc(P(=O)(c4ccccc4)c4ccccc4)cc3c2c1. The zero-order chi connectivity index (χ0) is 29.7. The van der Waals surface area contributed by atoms with Crippen LogP contribution in [0.25, 0.3) is 20.2 Å². The zero-order valence-corrected chi connectivity index (χ0v) is 26.7. The molecule has 1 aromatic heterocycles. The van der Waals surface area contributed by atoms with Gasteiger partial charge < -0.3 is 9.13 Å². The minimum Gasteiger partial charge on any atom is -0.309 e. The number of hydrogen-bond acceptors (Lipinski definition) is 3. The number of hydrogen-bond donors (Lipinski definition) is 0. The Hall–Kier alpha value is -3.74. The summed E-state index contributed by atoms with van der Waals surface area (Å²) in [4.78, 5) is 0. The lowest BCUT2D eigenvalue weighted by atomic mass is 10.1. The van der Waals surface area contributed by atoms with Crippen molar-refractivity contribution in [1.29, 1.82) is 0 Å². The van der Waals surface area contributed by atoms with E-state index in [0.29, 0.717) is 0 Å². The first-order valence-corrected chi connectivity index (χ1v) is 18.2. The van der Waals surface area contributed by atoms with Gasteiger partial charge in [0.05, 0.1) is 0 Å². The van der Waals surface area contributed by atoms with Gasteiger partial charge in [0.2, 0.25) is 0 Å². The van der Waals surface area contributed by atoms with Crippen LogP contribution in [0.3, 0.4) is 0 Å². The van der Waals surface area contributed by atoms with Crippen molar-refractivity contribution in [2.75, 3.05) is 0 Å². The lowest BCUT2D eigenvalue weighted by Crippen LogP contribution is -2.24. The maximum absolute atomic E-state index is 15.2. The van der Waals surface area contributed by atoms with Crippen LogP contribution in [-0.4, -0.2) is 0 Å². The molecule has 4 aromatic carbocycles. The molecule has 0 aliphatic carbocycles. The molecular formula is C37H34O2P2S. The molecule has 0 fully saturated rings. The van der Waals surface area contributed by atoms with E-state index in [0.717, 1.165) is 52.0 Å². The summed E-state index contributed by atoms with van der Waals surface area (Å²) in [6, 6.07) is 31.8. The number of thiophene rings is 1. The van der Waals surface area contributed by atoms with Gasteiger partial charge in [0.15, 0.2) is 14.3 Å². The topological polar surface area (TPSA) is 34.1 Å². The van der Waals surface area contributed by atoms with Crippen molar-refractivity contribution in [2.45, 2.75) is 20.8 Å². The molecule has 0 spiro atoms.